The van der Waals surface area contributed by atoms with Crippen LogP contribution in [0.4, 0.5) is 20.2 Å². The predicted molar refractivity (Wildman–Crippen MR) is 158 cm³/mol. The molecule has 43 heavy (non-hydrogen) atoms. The highest BCUT2D eigenvalue weighted by Crippen LogP contribution is 2.32. The molecule has 0 saturated carbocycles. The van der Waals surface area contributed by atoms with Crippen molar-refractivity contribution < 1.29 is 33.7 Å². The number of carbonyl (C=O) groups excluding carboxylic acids is 2. The predicted octanol–water partition coefficient (Wildman–Crippen LogP) is 6.48. The first-order valence-electron chi connectivity index (χ1n) is 13.5. The summed E-state index contributed by atoms with van der Waals surface area (Å²) in [7, 11) is 0. The number of fused-ring (bicyclic) bond motifs is 1. The molecule has 0 aliphatic carbocycles. The molecule has 11 nitrogen and oxygen atoms in total. The van der Waals surface area contributed by atoms with Crippen molar-refractivity contribution in [3.05, 3.63) is 103 Å². The first-order chi connectivity index (χ1) is 21.0. The van der Waals surface area contributed by atoms with Crippen LogP contribution in [0.15, 0.2) is 103 Å². The lowest BCUT2D eigenvalue weighted by Gasteiger charge is -2.27. The van der Waals surface area contributed by atoms with Gasteiger partial charge in [-0.1, -0.05) is 48.5 Å². The van der Waals surface area contributed by atoms with Crippen LogP contribution in [0.2, 0.25) is 0 Å². The summed E-state index contributed by atoms with van der Waals surface area (Å²) < 4.78 is 18.4. The van der Waals surface area contributed by atoms with Gasteiger partial charge >= 0.3 is 18.2 Å². The highest BCUT2D eigenvalue weighted by atomic mass is 16.6. The third-order valence-corrected chi connectivity index (χ3v) is 6.87. The zero-order valence-electron chi connectivity index (χ0n) is 22.8. The summed E-state index contributed by atoms with van der Waals surface area (Å²) in [6.07, 6.45) is 0.331. The van der Waals surface area contributed by atoms with Gasteiger partial charge in [0.05, 0.1) is 18.7 Å². The lowest BCUT2D eigenvalue weighted by molar-refractivity contribution is 0.0538. The highest BCUT2D eigenvalue weighted by Gasteiger charge is 2.28. The number of hydrogen-bond acceptors (Lipinski definition) is 7. The van der Waals surface area contributed by atoms with Gasteiger partial charge in [-0.25, -0.2) is 19.4 Å². The van der Waals surface area contributed by atoms with E-state index in [1.165, 1.54) is 18.3 Å². The van der Waals surface area contributed by atoms with E-state index >= 15 is 0 Å². The van der Waals surface area contributed by atoms with Crippen LogP contribution >= 0.6 is 0 Å². The average Bonchev–Trinajstić information content (AvgIpc) is 3.45. The van der Waals surface area contributed by atoms with Crippen LogP contribution in [0.5, 0.6) is 17.2 Å². The Morgan fingerprint density at radius 3 is 2.40 bits per heavy atom. The molecule has 1 fully saturated rings. The van der Waals surface area contributed by atoms with Crippen molar-refractivity contribution in [3.63, 3.8) is 0 Å². The number of morpholine rings is 1. The number of amides is 3. The van der Waals surface area contributed by atoms with Gasteiger partial charge in [-0.2, -0.15) is 4.90 Å². The summed E-state index contributed by atoms with van der Waals surface area (Å²) in [4.78, 5) is 44.5. The topological polar surface area (TPSA) is 123 Å². The van der Waals surface area contributed by atoms with Crippen molar-refractivity contribution in [1.29, 1.82) is 0 Å². The highest BCUT2D eigenvalue weighted by molar-refractivity contribution is 6.08. The molecule has 6 rings (SSSR count). The molecule has 11 heteroatoms. The third kappa shape index (κ3) is 5.88. The van der Waals surface area contributed by atoms with Gasteiger partial charge in [0.1, 0.15) is 17.2 Å². The Morgan fingerprint density at radius 1 is 0.860 bits per heavy atom. The minimum atomic E-state index is -1.57. The second-order valence-electron chi connectivity index (χ2n) is 9.59. The van der Waals surface area contributed by atoms with E-state index in [9.17, 15) is 19.5 Å². The molecule has 2 aromatic heterocycles. The Morgan fingerprint density at radius 2 is 1.60 bits per heavy atom. The van der Waals surface area contributed by atoms with Crippen LogP contribution < -0.4 is 14.4 Å². The van der Waals surface area contributed by atoms with Crippen LogP contribution in [-0.2, 0) is 4.74 Å². The van der Waals surface area contributed by atoms with E-state index in [-0.39, 0.29) is 23.3 Å². The SMILES string of the molecule is O=C(O)N(C(=O)Oc1ccccc1-c1ccccc1)c1cc(Oc2ccc3c(ccn3C(=O)N3CCOCC3)c2)ccn1. The molecule has 3 amide bonds. The Balaban J connectivity index is 1.21. The van der Waals surface area contributed by atoms with Gasteiger partial charge in [0, 0.05) is 42.5 Å². The lowest BCUT2D eigenvalue weighted by Crippen LogP contribution is -2.42. The van der Waals surface area contributed by atoms with Crippen molar-refractivity contribution in [2.45, 2.75) is 0 Å². The van der Waals surface area contributed by atoms with Crippen LogP contribution in [0.3, 0.4) is 0 Å². The Hall–Kier alpha value is -5.68. The number of rotatable bonds is 5. The number of aromatic nitrogens is 2. The summed E-state index contributed by atoms with van der Waals surface area (Å²) in [6, 6.07) is 25.9. The largest absolute Gasteiger partial charge is 0.464 e. The normalized spacial score (nSPS) is 13.0. The van der Waals surface area contributed by atoms with Gasteiger partial charge in [0.15, 0.2) is 5.82 Å². The molecule has 1 aliphatic rings. The van der Waals surface area contributed by atoms with Crippen molar-refractivity contribution >= 4 is 34.9 Å². The first kappa shape index (κ1) is 27.5. The molecular weight excluding hydrogens is 552 g/mol. The first-order valence-corrected chi connectivity index (χ1v) is 13.5. The molecule has 0 unspecified atom stereocenters. The van der Waals surface area contributed by atoms with Gasteiger partial charge in [-0.3, -0.25) is 4.57 Å². The lowest BCUT2D eigenvalue weighted by atomic mass is 10.1. The van der Waals surface area contributed by atoms with Crippen LogP contribution in [0.1, 0.15) is 0 Å². The number of hydrogen-bond donors (Lipinski definition) is 1. The fourth-order valence-electron chi connectivity index (χ4n) is 4.80. The van der Waals surface area contributed by atoms with E-state index in [0.29, 0.717) is 42.5 Å². The number of nitrogens with zero attached hydrogens (tertiary/aromatic N) is 4. The van der Waals surface area contributed by atoms with E-state index in [2.05, 4.69) is 4.98 Å². The molecule has 0 bridgehead atoms. The summed E-state index contributed by atoms with van der Waals surface area (Å²) in [5.74, 6) is 0.694. The Bertz CT molecular complexity index is 1800. The maximum atomic E-state index is 13.1. The second-order valence-corrected chi connectivity index (χ2v) is 9.59. The van der Waals surface area contributed by atoms with E-state index in [1.54, 1.807) is 58.1 Å². The monoisotopic (exact) mass is 578 g/mol. The summed E-state index contributed by atoms with van der Waals surface area (Å²) >= 11 is 0. The molecule has 0 radical (unpaired) electrons. The fourth-order valence-corrected chi connectivity index (χ4v) is 4.80. The van der Waals surface area contributed by atoms with Crippen molar-refractivity contribution in [3.8, 4) is 28.4 Å². The maximum absolute atomic E-state index is 13.1. The van der Waals surface area contributed by atoms with Crippen LogP contribution in [0, 0.1) is 0 Å². The van der Waals surface area contributed by atoms with Crippen LogP contribution in [-0.4, -0.2) is 64.1 Å². The van der Waals surface area contributed by atoms with Crippen molar-refractivity contribution in [2.24, 2.45) is 0 Å². The molecule has 1 saturated heterocycles. The second kappa shape index (κ2) is 12.0. The summed E-state index contributed by atoms with van der Waals surface area (Å²) in [5.41, 5.74) is 2.15. The number of anilines is 1. The molecular formula is C32H26N4O7. The van der Waals surface area contributed by atoms with Gasteiger partial charge in [-0.15, -0.1) is 0 Å². The molecule has 5 aromatic rings. The third-order valence-electron chi connectivity index (χ3n) is 6.87. The van der Waals surface area contributed by atoms with Gasteiger partial charge in [0.25, 0.3) is 0 Å². The summed E-state index contributed by atoms with van der Waals surface area (Å²) in [6.45, 7) is 2.08. The van der Waals surface area contributed by atoms with Crippen LogP contribution in [0.25, 0.3) is 22.0 Å². The van der Waals surface area contributed by atoms with E-state index in [4.69, 9.17) is 14.2 Å². The van der Waals surface area contributed by atoms with E-state index in [0.717, 1.165) is 16.5 Å². The number of para-hydroxylation sites is 1. The van der Waals surface area contributed by atoms with E-state index < -0.39 is 12.2 Å². The van der Waals surface area contributed by atoms with E-state index in [1.807, 2.05) is 36.4 Å². The molecule has 216 valence electrons. The summed E-state index contributed by atoms with van der Waals surface area (Å²) in [5, 5.41) is 10.7. The Labute approximate surface area is 246 Å². The number of benzene rings is 3. The zero-order chi connectivity index (χ0) is 29.8. The number of carboxylic acid groups (broad SMARTS) is 1. The smallest absolute Gasteiger partial charge is 0.430 e. The number of imide groups is 1. The minimum Gasteiger partial charge on any atom is -0.464 e. The number of pyridine rings is 1. The van der Waals surface area contributed by atoms with Gasteiger partial charge < -0.3 is 24.2 Å². The Kier molecular flexibility index (Phi) is 7.70. The molecule has 0 spiro atoms. The fraction of sp³-hybridized carbons (Fsp3) is 0.125. The zero-order valence-corrected chi connectivity index (χ0v) is 22.8. The molecule has 3 heterocycles. The average molecular weight is 579 g/mol. The molecule has 0 atom stereocenters. The quantitative estimate of drug-likeness (QED) is 0.251. The molecule has 3 aromatic carbocycles. The van der Waals surface area contributed by atoms with Gasteiger partial charge in [0.2, 0.25) is 0 Å². The van der Waals surface area contributed by atoms with Crippen molar-refractivity contribution in [2.75, 3.05) is 31.2 Å². The minimum absolute atomic E-state index is 0.127. The maximum Gasteiger partial charge on any atom is 0.430 e. The number of ether oxygens (including phenoxy) is 3. The molecule has 1 aliphatic heterocycles. The standard InChI is InChI=1S/C32H26N4O7/c37-30(34-16-18-41-19-17-34)35-15-13-23-20-24(10-11-27(23)35)42-25-12-14-33-29(21-25)36(31(38)39)32(40)43-28-9-5-4-8-26(28)22-6-2-1-3-7-22/h1-15,20-21H,16-19H2,(H,38,39). The van der Waals surface area contributed by atoms with Crippen molar-refractivity contribution in [1.82, 2.24) is 14.5 Å². The van der Waals surface area contributed by atoms with Gasteiger partial charge in [-0.05, 0) is 42.0 Å². The molecule has 1 N–H and O–H groups in total. The number of carbonyl (C=O) groups is 3.